The van der Waals surface area contributed by atoms with Crippen molar-refractivity contribution in [1.29, 1.82) is 0 Å². The number of hydrogen-bond acceptors (Lipinski definition) is 20. The SMILES string of the molecule is CCN(CC)C(=O)C(CCOCCOCCOCCSC)C(=O)N(CC)CC.CSCCOCCOCCO.CSCCOCCOCCO.CSCCOCCOCCOCCC(C(=O)N(C)C)C(=O)N(C)C.[Au].[Au]. The zero-order valence-electron chi connectivity index (χ0n) is 48.4. The number of nitrogens with zero attached hydrogens (tertiary/aromatic N) is 4. The smallest absolute Gasteiger partial charge is 0.235 e. The molecule has 0 aromatic carbocycles. The molecule has 20 nitrogen and oxygen atoms in total. The predicted molar refractivity (Wildman–Crippen MR) is 305 cm³/mol. The fraction of sp³-hybridized carbons (Fsp3) is 0.920. The van der Waals surface area contributed by atoms with Gasteiger partial charge in [0.05, 0.1) is 132 Å². The number of amides is 4. The van der Waals surface area contributed by atoms with E-state index in [-0.39, 0.29) is 81.6 Å². The summed E-state index contributed by atoms with van der Waals surface area (Å²) in [6.07, 6.45) is 8.94. The van der Waals surface area contributed by atoms with Crippen LogP contribution in [0.4, 0.5) is 0 Å². The first-order chi connectivity index (χ1) is 35.8. The molecule has 2 N–H and O–H groups in total. The van der Waals surface area contributed by atoms with Gasteiger partial charge in [-0.15, -0.1) is 0 Å². The molecule has 0 unspecified atom stereocenters. The Bertz CT molecular complexity index is 1140. The van der Waals surface area contributed by atoms with Crippen molar-refractivity contribution in [1.82, 2.24) is 19.6 Å². The van der Waals surface area contributed by atoms with Crippen molar-refractivity contribution in [3.05, 3.63) is 0 Å². The van der Waals surface area contributed by atoms with Gasteiger partial charge in [-0.25, -0.2) is 0 Å². The molecule has 0 atom stereocenters. The molecule has 0 rings (SSSR count). The van der Waals surface area contributed by atoms with E-state index in [4.69, 9.17) is 57.6 Å². The number of carbonyl (C=O) groups excluding carboxylic acids is 4. The molecule has 0 aliphatic carbocycles. The van der Waals surface area contributed by atoms with Crippen molar-refractivity contribution in [3.8, 4) is 0 Å². The van der Waals surface area contributed by atoms with Crippen molar-refractivity contribution >= 4 is 70.7 Å². The molecule has 76 heavy (non-hydrogen) atoms. The first kappa shape index (κ1) is 87.5. The van der Waals surface area contributed by atoms with Crippen LogP contribution < -0.4 is 0 Å². The van der Waals surface area contributed by atoms with Gasteiger partial charge in [-0.1, -0.05) is 0 Å². The molecule has 0 spiro atoms. The second-order valence-electron chi connectivity index (χ2n) is 15.7. The Kier molecular flexibility index (Phi) is 82.2. The minimum atomic E-state index is -0.694. The average molecular weight is 1540 g/mol. The molecule has 0 fully saturated rings. The Labute approximate surface area is 508 Å². The van der Waals surface area contributed by atoms with Gasteiger partial charge in [0, 0.05) is 135 Å². The fourth-order valence-corrected chi connectivity index (χ4v) is 6.81. The maximum Gasteiger partial charge on any atom is 0.235 e. The summed E-state index contributed by atoms with van der Waals surface area (Å²) < 4.78 is 53.0. The topological polar surface area (TPSA) is 214 Å². The number of carbonyl (C=O) groups is 4. The number of aliphatic hydroxyl groups excluding tert-OH is 2. The minimum absolute atomic E-state index is 0. The van der Waals surface area contributed by atoms with Crippen LogP contribution in [0.25, 0.3) is 0 Å². The summed E-state index contributed by atoms with van der Waals surface area (Å²) in [5.74, 6) is 2.05. The van der Waals surface area contributed by atoms with Gasteiger partial charge >= 0.3 is 0 Å². The van der Waals surface area contributed by atoms with Crippen LogP contribution in [-0.2, 0) is 111 Å². The molecule has 0 aromatic rings. The van der Waals surface area contributed by atoms with Gasteiger partial charge in [0.15, 0.2) is 0 Å². The van der Waals surface area contributed by atoms with Gasteiger partial charge in [-0.05, 0) is 65.6 Å². The van der Waals surface area contributed by atoms with Crippen LogP contribution in [0, 0.1) is 11.8 Å². The van der Waals surface area contributed by atoms with E-state index in [9.17, 15) is 19.2 Å². The standard InChI is InChI=1S/C20H40N2O5S.C16H32N2O5S.2C7H16O3S.2Au/c1-6-21(7-2)19(23)18(20(24)22(8-3)9-4)10-11-25-12-13-26-14-15-27-16-17-28-5;1-17(2)15(19)14(16(20)18(3)4)6-7-21-8-9-22-10-11-23-12-13-24-5;2*1-11-7-6-10-5-4-9-3-2-8;;/h18H,6-17H2,1-5H3;14H,6-13H2,1-5H3;2*8H,2-7H2,1H3;;. The minimum Gasteiger partial charge on any atom is -0.394 e. The molecule has 4 amide bonds. The fourth-order valence-electron chi connectivity index (χ4n) is 5.67. The Hall–Kier alpha value is 0.281. The average Bonchev–Trinajstić information content (AvgIpc) is 3.39. The zero-order valence-corrected chi connectivity index (χ0v) is 56.0. The summed E-state index contributed by atoms with van der Waals surface area (Å²) in [5, 5.41) is 16.7. The van der Waals surface area contributed by atoms with E-state index in [0.717, 1.165) is 49.4 Å². The molecule has 0 saturated carbocycles. The molecule has 466 valence electrons. The van der Waals surface area contributed by atoms with Crippen molar-refractivity contribution in [2.24, 2.45) is 11.8 Å². The third-order valence-electron chi connectivity index (χ3n) is 9.76. The third-order valence-corrected chi connectivity index (χ3v) is 12.1. The van der Waals surface area contributed by atoms with Gasteiger partial charge in [0.1, 0.15) is 11.8 Å². The summed E-state index contributed by atoms with van der Waals surface area (Å²) in [5.41, 5.74) is 0. The van der Waals surface area contributed by atoms with Crippen LogP contribution in [0.3, 0.4) is 0 Å². The molecule has 0 aliphatic heterocycles. The largest absolute Gasteiger partial charge is 0.394 e. The van der Waals surface area contributed by atoms with Gasteiger partial charge in [0.25, 0.3) is 0 Å². The van der Waals surface area contributed by atoms with Crippen LogP contribution >= 0.6 is 47.0 Å². The predicted octanol–water partition coefficient (Wildman–Crippen LogP) is 3.47. The Balaban J connectivity index is -0.000000230. The number of ether oxygens (including phenoxy) is 10. The van der Waals surface area contributed by atoms with E-state index < -0.39 is 11.8 Å². The maximum absolute atomic E-state index is 12.8. The molecule has 0 bridgehead atoms. The summed E-state index contributed by atoms with van der Waals surface area (Å²) in [4.78, 5) is 56.0. The van der Waals surface area contributed by atoms with Crippen LogP contribution in [0.1, 0.15) is 40.5 Å². The van der Waals surface area contributed by atoms with Gasteiger partial charge in [0.2, 0.25) is 23.6 Å². The van der Waals surface area contributed by atoms with Crippen LogP contribution in [-0.4, -0.2) is 301 Å². The molecule has 2 radical (unpaired) electrons. The Morgan fingerprint density at radius 1 is 0.342 bits per heavy atom. The van der Waals surface area contributed by atoms with Gasteiger partial charge < -0.3 is 77.2 Å². The number of hydrogen-bond donors (Lipinski definition) is 2. The molecule has 0 aromatic heterocycles. The molecule has 0 heterocycles. The van der Waals surface area contributed by atoms with Crippen molar-refractivity contribution in [3.63, 3.8) is 0 Å². The number of thioether (sulfide) groups is 4. The molecule has 26 heteroatoms. The number of rotatable bonds is 48. The molecule has 0 aliphatic rings. The Morgan fingerprint density at radius 3 is 0.737 bits per heavy atom. The molecular formula is C50H104Au2N4O16S4. The first-order valence-electron chi connectivity index (χ1n) is 25.8. The van der Waals surface area contributed by atoms with E-state index in [1.807, 2.05) is 52.7 Å². The molecule has 0 saturated heterocycles. The quantitative estimate of drug-likeness (QED) is 0.0507. The van der Waals surface area contributed by atoms with Gasteiger partial charge in [-0.2, -0.15) is 47.0 Å². The van der Waals surface area contributed by atoms with Crippen molar-refractivity contribution < 1.29 is 122 Å². The van der Waals surface area contributed by atoms with E-state index >= 15 is 0 Å². The van der Waals surface area contributed by atoms with Crippen LogP contribution in [0.2, 0.25) is 0 Å². The van der Waals surface area contributed by atoms with E-state index in [0.29, 0.717) is 145 Å². The van der Waals surface area contributed by atoms with E-state index in [1.165, 1.54) is 9.80 Å². The third kappa shape index (κ3) is 58.9. The van der Waals surface area contributed by atoms with Crippen LogP contribution in [0.5, 0.6) is 0 Å². The monoisotopic (exact) mass is 1540 g/mol. The zero-order chi connectivity index (χ0) is 56.3. The summed E-state index contributed by atoms with van der Waals surface area (Å²) in [7, 11) is 6.59. The second-order valence-corrected chi connectivity index (χ2v) is 19.7. The number of aliphatic hydroxyl groups is 2. The van der Waals surface area contributed by atoms with E-state index in [1.54, 1.807) is 85.0 Å². The summed E-state index contributed by atoms with van der Waals surface area (Å²) in [6.45, 7) is 21.3. The van der Waals surface area contributed by atoms with Gasteiger partial charge in [-0.3, -0.25) is 19.2 Å². The summed E-state index contributed by atoms with van der Waals surface area (Å²) in [6, 6.07) is 0. The first-order valence-corrected chi connectivity index (χ1v) is 31.3. The van der Waals surface area contributed by atoms with Crippen LogP contribution in [0.15, 0.2) is 0 Å². The van der Waals surface area contributed by atoms with E-state index in [2.05, 4.69) is 0 Å². The normalized spacial score (nSPS) is 10.5. The summed E-state index contributed by atoms with van der Waals surface area (Å²) >= 11 is 7.03. The second kappa shape index (κ2) is 71.4. The maximum atomic E-state index is 12.8. The Morgan fingerprint density at radius 2 is 0.539 bits per heavy atom. The van der Waals surface area contributed by atoms with Crippen molar-refractivity contribution in [2.45, 2.75) is 40.5 Å². The van der Waals surface area contributed by atoms with Crippen molar-refractivity contribution in [2.75, 3.05) is 248 Å². The molecular weight excluding hydrogens is 1430 g/mol.